The highest BCUT2D eigenvalue weighted by molar-refractivity contribution is 4.81. The first-order valence-electron chi connectivity index (χ1n) is 9.52. The van der Waals surface area contributed by atoms with E-state index in [0.29, 0.717) is 6.10 Å². The predicted molar refractivity (Wildman–Crippen MR) is 96.6 cm³/mol. The summed E-state index contributed by atoms with van der Waals surface area (Å²) in [6.07, 6.45) is 5.94. The van der Waals surface area contributed by atoms with Crippen molar-refractivity contribution in [1.82, 2.24) is 4.90 Å². The topological polar surface area (TPSA) is 21.7 Å². The lowest BCUT2D eigenvalue weighted by Crippen LogP contribution is -2.39. The molecule has 0 saturated heterocycles. The first-order chi connectivity index (χ1) is 10.5. The Morgan fingerprint density at radius 1 is 0.909 bits per heavy atom. The molecule has 0 heterocycles. The molecule has 0 aliphatic carbocycles. The molecule has 0 aromatic carbocycles. The third-order valence-electron chi connectivity index (χ3n) is 4.99. The number of hydrogen-bond acceptors (Lipinski definition) is 3. The molecule has 0 bridgehead atoms. The molecular weight excluding hydrogens is 274 g/mol. The van der Waals surface area contributed by atoms with E-state index in [-0.39, 0.29) is 11.7 Å². The fourth-order valence-electron chi connectivity index (χ4n) is 3.11. The van der Waals surface area contributed by atoms with Crippen LogP contribution in [-0.4, -0.2) is 49.0 Å². The highest BCUT2D eigenvalue weighted by Gasteiger charge is 2.30. The minimum Gasteiger partial charge on any atom is -0.375 e. The van der Waals surface area contributed by atoms with E-state index in [4.69, 9.17) is 9.47 Å². The van der Waals surface area contributed by atoms with Gasteiger partial charge in [-0.1, -0.05) is 41.5 Å². The highest BCUT2D eigenvalue weighted by Crippen LogP contribution is 2.28. The van der Waals surface area contributed by atoms with Crippen LogP contribution in [-0.2, 0) is 9.47 Å². The van der Waals surface area contributed by atoms with Gasteiger partial charge in [-0.3, -0.25) is 0 Å². The smallest absolute Gasteiger partial charge is 0.0702 e. The average molecular weight is 316 g/mol. The molecule has 3 heteroatoms. The summed E-state index contributed by atoms with van der Waals surface area (Å²) in [5, 5.41) is 0. The van der Waals surface area contributed by atoms with Crippen LogP contribution < -0.4 is 0 Å². The summed E-state index contributed by atoms with van der Waals surface area (Å²) in [5.41, 5.74) is -0.0292. The van der Waals surface area contributed by atoms with Crippen LogP contribution in [0.2, 0.25) is 0 Å². The summed E-state index contributed by atoms with van der Waals surface area (Å²) in [5.74, 6) is 0. The van der Waals surface area contributed by atoms with Crippen molar-refractivity contribution in [3.63, 3.8) is 0 Å². The molecular formula is C19H41NO2. The van der Waals surface area contributed by atoms with E-state index in [0.717, 1.165) is 58.3 Å². The summed E-state index contributed by atoms with van der Waals surface area (Å²) in [4.78, 5) is 2.42. The first kappa shape index (κ1) is 21.9. The standard InChI is InChI=1S/C19H41NO2/c1-8-18(9-2)22-17(7)16-19(10-3,11-4)21-15-14-20(12-5)13-6/h17-18H,8-16H2,1-7H3. The van der Waals surface area contributed by atoms with Crippen LogP contribution in [0.15, 0.2) is 0 Å². The van der Waals surface area contributed by atoms with Crippen molar-refractivity contribution in [2.24, 2.45) is 0 Å². The maximum Gasteiger partial charge on any atom is 0.0702 e. The van der Waals surface area contributed by atoms with Gasteiger partial charge in [0.15, 0.2) is 0 Å². The van der Waals surface area contributed by atoms with E-state index in [1.807, 2.05) is 0 Å². The molecule has 0 aromatic heterocycles. The van der Waals surface area contributed by atoms with Gasteiger partial charge in [-0.2, -0.15) is 0 Å². The molecule has 1 unspecified atom stereocenters. The van der Waals surface area contributed by atoms with Crippen LogP contribution in [0.4, 0.5) is 0 Å². The number of hydrogen-bond donors (Lipinski definition) is 0. The Hall–Kier alpha value is -0.120. The lowest BCUT2D eigenvalue weighted by atomic mass is 9.90. The summed E-state index contributed by atoms with van der Waals surface area (Å²) in [6.45, 7) is 19.5. The molecule has 0 aromatic rings. The average Bonchev–Trinajstić information content (AvgIpc) is 2.55. The van der Waals surface area contributed by atoms with Crippen LogP contribution in [0, 0.1) is 0 Å². The van der Waals surface area contributed by atoms with E-state index in [1.165, 1.54) is 0 Å². The van der Waals surface area contributed by atoms with Gasteiger partial charge in [-0.15, -0.1) is 0 Å². The van der Waals surface area contributed by atoms with Gasteiger partial charge in [0.1, 0.15) is 0 Å². The molecule has 22 heavy (non-hydrogen) atoms. The van der Waals surface area contributed by atoms with Gasteiger partial charge < -0.3 is 14.4 Å². The van der Waals surface area contributed by atoms with Gasteiger partial charge in [-0.25, -0.2) is 0 Å². The summed E-state index contributed by atoms with van der Waals surface area (Å²) in [7, 11) is 0. The summed E-state index contributed by atoms with van der Waals surface area (Å²) in [6, 6.07) is 0. The molecule has 0 N–H and O–H groups in total. The summed E-state index contributed by atoms with van der Waals surface area (Å²) >= 11 is 0. The zero-order chi connectivity index (χ0) is 17.0. The second kappa shape index (κ2) is 12.3. The van der Waals surface area contributed by atoms with Gasteiger partial charge in [0.25, 0.3) is 0 Å². The maximum absolute atomic E-state index is 6.36. The Morgan fingerprint density at radius 2 is 1.45 bits per heavy atom. The molecule has 0 amide bonds. The van der Waals surface area contributed by atoms with Crippen LogP contribution in [0.5, 0.6) is 0 Å². The van der Waals surface area contributed by atoms with Gasteiger partial charge in [0.05, 0.1) is 24.4 Å². The monoisotopic (exact) mass is 315 g/mol. The third-order valence-corrected chi connectivity index (χ3v) is 4.99. The lowest BCUT2D eigenvalue weighted by Gasteiger charge is -2.36. The fourth-order valence-corrected chi connectivity index (χ4v) is 3.11. The second-order valence-corrected chi connectivity index (χ2v) is 6.35. The molecule has 3 nitrogen and oxygen atoms in total. The molecule has 0 rings (SSSR count). The molecule has 1 atom stereocenters. The minimum absolute atomic E-state index is 0.0292. The van der Waals surface area contributed by atoms with Crippen molar-refractivity contribution in [2.75, 3.05) is 26.2 Å². The predicted octanol–water partition coefficient (Wildman–Crippen LogP) is 4.89. The van der Waals surface area contributed by atoms with Crippen molar-refractivity contribution >= 4 is 0 Å². The normalized spacial score (nSPS) is 14.0. The number of nitrogens with zero attached hydrogens (tertiary/aromatic N) is 1. The van der Waals surface area contributed by atoms with Crippen molar-refractivity contribution in [3.05, 3.63) is 0 Å². The molecule has 0 radical (unpaired) electrons. The molecule has 0 saturated carbocycles. The van der Waals surface area contributed by atoms with E-state index in [9.17, 15) is 0 Å². The van der Waals surface area contributed by atoms with Gasteiger partial charge in [-0.05, 0) is 45.7 Å². The first-order valence-corrected chi connectivity index (χ1v) is 9.52. The minimum atomic E-state index is -0.0292. The quantitative estimate of drug-likeness (QED) is 0.455. The number of ether oxygens (including phenoxy) is 2. The van der Waals surface area contributed by atoms with Crippen molar-refractivity contribution in [1.29, 1.82) is 0 Å². The van der Waals surface area contributed by atoms with Crippen LogP contribution in [0.25, 0.3) is 0 Å². The zero-order valence-electron chi connectivity index (χ0n) is 16.3. The van der Waals surface area contributed by atoms with Crippen molar-refractivity contribution < 1.29 is 9.47 Å². The number of rotatable bonds is 14. The zero-order valence-corrected chi connectivity index (χ0v) is 16.3. The lowest BCUT2D eigenvalue weighted by molar-refractivity contribution is -0.105. The van der Waals surface area contributed by atoms with E-state index in [2.05, 4.69) is 53.4 Å². The Kier molecular flexibility index (Phi) is 12.3. The second-order valence-electron chi connectivity index (χ2n) is 6.35. The third kappa shape index (κ3) is 7.94. The molecule has 0 fully saturated rings. The van der Waals surface area contributed by atoms with Crippen LogP contribution in [0.3, 0.4) is 0 Å². The highest BCUT2D eigenvalue weighted by atomic mass is 16.5. The van der Waals surface area contributed by atoms with Crippen LogP contribution in [0.1, 0.15) is 80.6 Å². The van der Waals surface area contributed by atoms with E-state index in [1.54, 1.807) is 0 Å². The fraction of sp³-hybridized carbons (Fsp3) is 1.00. The summed E-state index contributed by atoms with van der Waals surface area (Å²) < 4.78 is 12.5. The van der Waals surface area contributed by atoms with Gasteiger partial charge in [0, 0.05) is 13.0 Å². The largest absolute Gasteiger partial charge is 0.375 e. The molecule has 0 spiro atoms. The van der Waals surface area contributed by atoms with E-state index >= 15 is 0 Å². The SMILES string of the molecule is CCC(CC)OC(C)CC(CC)(CC)OCCN(CC)CC. The van der Waals surface area contributed by atoms with Gasteiger partial charge >= 0.3 is 0 Å². The van der Waals surface area contributed by atoms with E-state index < -0.39 is 0 Å². The Labute approximate surface area is 139 Å². The van der Waals surface area contributed by atoms with Gasteiger partial charge in [0.2, 0.25) is 0 Å². The van der Waals surface area contributed by atoms with Crippen molar-refractivity contribution in [3.8, 4) is 0 Å². The molecule has 134 valence electrons. The Balaban J connectivity index is 4.47. The molecule has 0 aliphatic heterocycles. The molecule has 0 aliphatic rings. The Bertz CT molecular complexity index is 246. The van der Waals surface area contributed by atoms with Crippen molar-refractivity contribution in [2.45, 2.75) is 98.4 Å². The maximum atomic E-state index is 6.36. The Morgan fingerprint density at radius 3 is 1.86 bits per heavy atom. The van der Waals surface area contributed by atoms with Crippen LogP contribution >= 0.6 is 0 Å². The number of likely N-dealkylation sites (N-methyl/N-ethyl adjacent to an activating group) is 1.